The van der Waals surface area contributed by atoms with Crippen LogP contribution in [0.1, 0.15) is 12.5 Å². The molecule has 0 aromatic heterocycles. The van der Waals surface area contributed by atoms with E-state index in [1.807, 2.05) is 37.3 Å². The second-order valence-electron chi connectivity index (χ2n) is 6.75. The van der Waals surface area contributed by atoms with Gasteiger partial charge in [0.2, 0.25) is 0 Å². The van der Waals surface area contributed by atoms with Crippen molar-refractivity contribution in [2.45, 2.75) is 25.6 Å². The van der Waals surface area contributed by atoms with Crippen LogP contribution in [0.3, 0.4) is 0 Å². The van der Waals surface area contributed by atoms with Gasteiger partial charge in [-0.2, -0.15) is 4.65 Å². The van der Waals surface area contributed by atoms with Crippen molar-refractivity contribution in [1.29, 1.82) is 0 Å². The predicted octanol–water partition coefficient (Wildman–Crippen LogP) is 2.88. The second-order valence-corrected chi connectivity index (χ2v) is 6.75. The van der Waals surface area contributed by atoms with Crippen molar-refractivity contribution >= 4 is 0 Å². The van der Waals surface area contributed by atoms with Crippen molar-refractivity contribution in [1.82, 2.24) is 0 Å². The Kier molecular flexibility index (Phi) is 5.31. The smallest absolute Gasteiger partial charge is 0.135 e. The van der Waals surface area contributed by atoms with Crippen LogP contribution in [0, 0.1) is 0 Å². The van der Waals surface area contributed by atoms with Gasteiger partial charge in [-0.05, 0) is 23.6 Å². The number of hydroxylamine groups is 3. The first kappa shape index (κ1) is 17.1. The first-order valence-corrected chi connectivity index (χ1v) is 8.57. The van der Waals surface area contributed by atoms with Crippen LogP contribution in [0.4, 0.5) is 0 Å². The minimum Gasteiger partial charge on any atom is -0.387 e. The normalized spacial score (nSPS) is 25.4. The van der Waals surface area contributed by atoms with E-state index in [0.29, 0.717) is 32.7 Å². The van der Waals surface area contributed by atoms with Gasteiger partial charge in [-0.15, -0.1) is 0 Å². The van der Waals surface area contributed by atoms with Gasteiger partial charge in [0.05, 0.1) is 6.61 Å². The van der Waals surface area contributed by atoms with Crippen LogP contribution in [0.5, 0.6) is 0 Å². The van der Waals surface area contributed by atoms with E-state index in [1.54, 1.807) is 0 Å². The fourth-order valence-corrected chi connectivity index (χ4v) is 3.52. The lowest BCUT2D eigenvalue weighted by Crippen LogP contribution is -2.58. The lowest BCUT2D eigenvalue weighted by Gasteiger charge is -2.37. The first-order chi connectivity index (χ1) is 11.6. The molecule has 1 aliphatic heterocycles. The van der Waals surface area contributed by atoms with Gasteiger partial charge >= 0.3 is 0 Å². The molecule has 1 heterocycles. The number of morpholine rings is 1. The fourth-order valence-electron chi connectivity index (χ4n) is 3.52. The molecule has 24 heavy (non-hydrogen) atoms. The van der Waals surface area contributed by atoms with Crippen molar-refractivity contribution in [3.63, 3.8) is 0 Å². The molecule has 2 N–H and O–H groups in total. The molecule has 128 valence electrons. The van der Waals surface area contributed by atoms with Gasteiger partial charge < -0.3 is 9.84 Å². The number of aliphatic hydroxyl groups is 1. The number of aliphatic hydroxyl groups excluding tert-OH is 1. The maximum Gasteiger partial charge on any atom is 0.135 e. The highest BCUT2D eigenvalue weighted by Crippen LogP contribution is 2.25. The van der Waals surface area contributed by atoms with E-state index in [1.165, 1.54) is 0 Å². The van der Waals surface area contributed by atoms with E-state index in [4.69, 9.17) is 4.74 Å². The molecule has 0 aliphatic carbocycles. The summed E-state index contributed by atoms with van der Waals surface area (Å²) in [5.74, 6) is 0. The van der Waals surface area contributed by atoms with E-state index in [-0.39, 0.29) is 10.8 Å². The molecule has 0 spiro atoms. The van der Waals surface area contributed by atoms with Crippen LogP contribution in [-0.2, 0) is 11.2 Å². The molecule has 3 atom stereocenters. The summed E-state index contributed by atoms with van der Waals surface area (Å²) in [5, 5.41) is 21.2. The zero-order chi connectivity index (χ0) is 17.0. The van der Waals surface area contributed by atoms with Gasteiger partial charge in [-0.1, -0.05) is 54.6 Å². The number of hydrogen-bond donors (Lipinski definition) is 2. The molecular formula is C20H26NO3+. The Morgan fingerprint density at radius 2 is 1.83 bits per heavy atom. The molecule has 1 fully saturated rings. The lowest BCUT2D eigenvalue weighted by atomic mass is 9.95. The van der Waals surface area contributed by atoms with Crippen LogP contribution in [0.25, 0.3) is 11.1 Å². The predicted molar refractivity (Wildman–Crippen MR) is 93.7 cm³/mol. The summed E-state index contributed by atoms with van der Waals surface area (Å²) in [6, 6.07) is 18.3. The average Bonchev–Trinajstić information content (AvgIpc) is 2.55. The van der Waals surface area contributed by atoms with E-state index >= 15 is 0 Å². The van der Waals surface area contributed by atoms with Gasteiger partial charge in [0, 0.05) is 6.42 Å². The van der Waals surface area contributed by atoms with Gasteiger partial charge in [-0.25, -0.2) is 5.21 Å². The maximum atomic E-state index is 10.7. The fraction of sp³-hybridized carbons (Fsp3) is 0.400. The zero-order valence-electron chi connectivity index (χ0n) is 14.1. The number of quaternary nitrogens is 1. The molecule has 2 aromatic carbocycles. The van der Waals surface area contributed by atoms with Crippen molar-refractivity contribution in [3.05, 3.63) is 60.2 Å². The number of hydrogen-bond acceptors (Lipinski definition) is 3. The largest absolute Gasteiger partial charge is 0.387 e. The number of nitrogens with zero attached hydrogens (tertiary/aromatic N) is 1. The van der Waals surface area contributed by atoms with Crippen molar-refractivity contribution < 1.29 is 19.7 Å². The Hall–Kier alpha value is -1.72. The molecule has 1 aliphatic rings. The number of rotatable bonds is 5. The van der Waals surface area contributed by atoms with Crippen molar-refractivity contribution in [2.24, 2.45) is 0 Å². The topological polar surface area (TPSA) is 49.7 Å². The monoisotopic (exact) mass is 328 g/mol. The highest BCUT2D eigenvalue weighted by Gasteiger charge is 2.35. The maximum absolute atomic E-state index is 10.7. The molecule has 1 saturated heterocycles. The number of ether oxygens (including phenoxy) is 1. The molecule has 0 saturated carbocycles. The van der Waals surface area contributed by atoms with Gasteiger partial charge in [0.25, 0.3) is 0 Å². The molecule has 4 nitrogen and oxygen atoms in total. The van der Waals surface area contributed by atoms with Crippen molar-refractivity contribution in [2.75, 3.05) is 26.2 Å². The van der Waals surface area contributed by atoms with E-state index in [2.05, 4.69) is 24.3 Å². The third-order valence-electron chi connectivity index (χ3n) is 4.62. The third kappa shape index (κ3) is 4.22. The quantitative estimate of drug-likeness (QED) is 0.830. The van der Waals surface area contributed by atoms with Gasteiger partial charge in [0.1, 0.15) is 31.8 Å². The summed E-state index contributed by atoms with van der Waals surface area (Å²) >= 11 is 0. The summed E-state index contributed by atoms with van der Waals surface area (Å²) in [7, 11) is 0. The van der Waals surface area contributed by atoms with Crippen molar-refractivity contribution in [3.8, 4) is 11.1 Å². The Bertz CT molecular complexity index is 661. The summed E-state index contributed by atoms with van der Waals surface area (Å²) in [5.41, 5.74) is 3.38. The summed E-state index contributed by atoms with van der Waals surface area (Å²) in [4.78, 5) is 0. The minimum absolute atomic E-state index is 0.0209. The molecule has 3 rings (SSSR count). The summed E-state index contributed by atoms with van der Waals surface area (Å²) in [6.07, 6.45) is -0.0429. The highest BCUT2D eigenvalue weighted by molar-refractivity contribution is 5.67. The highest BCUT2D eigenvalue weighted by atomic mass is 16.6. The molecule has 0 radical (unpaired) electrons. The molecule has 3 unspecified atom stereocenters. The SMILES string of the molecule is CC1C[N+](O)(CC(O)Cc2ccccc2-c2ccccc2)CCO1. The Balaban J connectivity index is 1.72. The van der Waals surface area contributed by atoms with Crippen LogP contribution in [0.2, 0.25) is 0 Å². The Morgan fingerprint density at radius 3 is 2.58 bits per heavy atom. The van der Waals surface area contributed by atoms with Gasteiger partial charge in [-0.3, -0.25) is 0 Å². The Morgan fingerprint density at radius 1 is 1.12 bits per heavy atom. The van der Waals surface area contributed by atoms with E-state index in [9.17, 15) is 10.3 Å². The summed E-state index contributed by atoms with van der Waals surface area (Å²) in [6.45, 7) is 3.88. The molecule has 4 heteroatoms. The van der Waals surface area contributed by atoms with Gasteiger partial charge in [0.15, 0.2) is 0 Å². The summed E-state index contributed by atoms with van der Waals surface area (Å²) < 4.78 is 5.38. The number of benzene rings is 2. The second kappa shape index (κ2) is 7.45. The molecule has 0 amide bonds. The van der Waals surface area contributed by atoms with E-state index in [0.717, 1.165) is 16.7 Å². The zero-order valence-corrected chi connectivity index (χ0v) is 14.1. The van der Waals surface area contributed by atoms with E-state index < -0.39 is 6.10 Å². The average molecular weight is 328 g/mol. The molecular weight excluding hydrogens is 302 g/mol. The molecule has 0 bridgehead atoms. The van der Waals surface area contributed by atoms with Crippen LogP contribution in [-0.4, -0.2) is 53.4 Å². The standard InChI is InChI=1S/C20H26NO3/c1-16-14-21(23,11-12-24-16)15-19(22)13-18-9-5-6-10-20(18)17-7-3-2-4-8-17/h2-10,16,19,22-23H,11-15H2,1H3/q+1. The minimum atomic E-state index is -0.592. The van der Waals surface area contributed by atoms with Crippen LogP contribution < -0.4 is 0 Å². The lowest BCUT2D eigenvalue weighted by molar-refractivity contribution is -1.11. The first-order valence-electron chi connectivity index (χ1n) is 8.57. The molecule has 2 aromatic rings. The Labute approximate surface area is 143 Å². The van der Waals surface area contributed by atoms with Crippen LogP contribution in [0.15, 0.2) is 54.6 Å². The van der Waals surface area contributed by atoms with Crippen LogP contribution >= 0.6 is 0 Å². The third-order valence-corrected chi connectivity index (χ3v) is 4.62.